The van der Waals surface area contributed by atoms with Crippen molar-refractivity contribution in [1.29, 1.82) is 0 Å². The van der Waals surface area contributed by atoms with Crippen LogP contribution in [0.15, 0.2) is 12.3 Å². The average molecular weight is 273 g/mol. The molecule has 1 fully saturated rings. The monoisotopic (exact) mass is 272 g/mol. The van der Waals surface area contributed by atoms with E-state index in [4.69, 9.17) is 17.3 Å². The molecule has 1 aliphatic heterocycles. The number of nitrogens with zero attached hydrogens (tertiary/aromatic N) is 3. The molecule has 100 valence electrons. The third-order valence-electron chi connectivity index (χ3n) is 3.14. The first-order chi connectivity index (χ1) is 8.70. The summed E-state index contributed by atoms with van der Waals surface area (Å²) in [4.78, 5) is 8.38. The minimum absolute atomic E-state index is 0.331. The lowest BCUT2D eigenvalue weighted by Gasteiger charge is -2.35. The lowest BCUT2D eigenvalue weighted by molar-refractivity contribution is 0.255. The quantitative estimate of drug-likeness (QED) is 0.899. The van der Waals surface area contributed by atoms with Gasteiger partial charge >= 0.3 is 0 Å². The Balaban J connectivity index is 1.93. The highest BCUT2D eigenvalue weighted by molar-refractivity contribution is 6.30. The van der Waals surface area contributed by atoms with Gasteiger partial charge in [-0.3, -0.25) is 4.90 Å². The molecular weight excluding hydrogens is 255 g/mol. The highest BCUT2D eigenvalue weighted by atomic mass is 35.5. The molecule has 0 radical (unpaired) electrons. The molecule has 2 heterocycles. The Morgan fingerprint density at radius 3 is 2.67 bits per heavy atom. The van der Waals surface area contributed by atoms with Crippen LogP contribution in [-0.4, -0.2) is 49.2 Å². The molecule has 18 heavy (non-hydrogen) atoms. The molecule has 0 saturated carbocycles. The maximum Gasteiger partial charge on any atom is 0.167 e. The van der Waals surface area contributed by atoms with Gasteiger partial charge in [-0.1, -0.05) is 11.6 Å². The number of anilines is 1. The van der Waals surface area contributed by atoms with Gasteiger partial charge in [0.15, 0.2) is 11.6 Å². The summed E-state index contributed by atoms with van der Waals surface area (Å²) < 4.78 is 13.7. The van der Waals surface area contributed by atoms with Crippen LogP contribution in [0.4, 0.5) is 10.2 Å². The first-order valence-electron chi connectivity index (χ1n) is 6.19. The van der Waals surface area contributed by atoms with Crippen molar-refractivity contribution >= 4 is 17.4 Å². The van der Waals surface area contributed by atoms with E-state index in [-0.39, 0.29) is 5.82 Å². The topological polar surface area (TPSA) is 45.4 Å². The molecular formula is C12H18ClFN4. The van der Waals surface area contributed by atoms with Crippen LogP contribution >= 0.6 is 11.6 Å². The van der Waals surface area contributed by atoms with Crippen molar-refractivity contribution in [3.63, 3.8) is 0 Å². The van der Waals surface area contributed by atoms with Gasteiger partial charge in [-0.2, -0.15) is 0 Å². The van der Waals surface area contributed by atoms with E-state index in [1.165, 1.54) is 12.3 Å². The third-order valence-corrected chi connectivity index (χ3v) is 3.35. The molecule has 0 bridgehead atoms. The molecule has 4 nitrogen and oxygen atoms in total. The zero-order valence-electron chi connectivity index (χ0n) is 10.3. The highest BCUT2D eigenvalue weighted by Crippen LogP contribution is 2.20. The molecule has 0 atom stereocenters. The van der Waals surface area contributed by atoms with E-state index >= 15 is 0 Å². The fourth-order valence-corrected chi connectivity index (χ4v) is 2.28. The largest absolute Gasteiger partial charge is 0.352 e. The molecule has 1 aromatic rings. The van der Waals surface area contributed by atoms with Gasteiger partial charge in [0, 0.05) is 32.4 Å². The van der Waals surface area contributed by atoms with Gasteiger partial charge in [-0.15, -0.1) is 0 Å². The minimum Gasteiger partial charge on any atom is -0.352 e. The average Bonchev–Trinajstić information content (AvgIpc) is 2.37. The number of halogens is 2. The van der Waals surface area contributed by atoms with Crippen molar-refractivity contribution in [2.75, 3.05) is 44.2 Å². The van der Waals surface area contributed by atoms with E-state index in [9.17, 15) is 4.39 Å². The van der Waals surface area contributed by atoms with E-state index in [1.807, 2.05) is 4.90 Å². The van der Waals surface area contributed by atoms with Crippen LogP contribution in [0, 0.1) is 5.82 Å². The summed E-state index contributed by atoms with van der Waals surface area (Å²) in [5.41, 5.74) is 5.49. The molecule has 2 N–H and O–H groups in total. The molecule has 0 aliphatic carbocycles. The standard InChI is InChI=1S/C12H18ClFN4/c13-10-8-11(14)12(16-9-10)18-6-4-17(5-7-18)3-1-2-15/h8-9H,1-7,15H2. The van der Waals surface area contributed by atoms with Crippen molar-refractivity contribution < 1.29 is 4.39 Å². The Bertz CT molecular complexity index is 394. The van der Waals surface area contributed by atoms with Crippen LogP contribution in [0.5, 0.6) is 0 Å². The molecule has 1 saturated heterocycles. The first kappa shape index (κ1) is 13.5. The number of aromatic nitrogens is 1. The van der Waals surface area contributed by atoms with Crippen LogP contribution in [0.2, 0.25) is 5.02 Å². The Morgan fingerprint density at radius 1 is 1.33 bits per heavy atom. The summed E-state index contributed by atoms with van der Waals surface area (Å²) in [6, 6.07) is 1.31. The van der Waals surface area contributed by atoms with Crippen LogP contribution in [0.25, 0.3) is 0 Å². The smallest absolute Gasteiger partial charge is 0.167 e. The number of nitrogens with two attached hydrogens (primary N) is 1. The fourth-order valence-electron chi connectivity index (χ4n) is 2.14. The van der Waals surface area contributed by atoms with Crippen LogP contribution < -0.4 is 10.6 Å². The van der Waals surface area contributed by atoms with Gasteiger partial charge in [0.25, 0.3) is 0 Å². The van der Waals surface area contributed by atoms with E-state index in [2.05, 4.69) is 9.88 Å². The zero-order valence-corrected chi connectivity index (χ0v) is 11.0. The lowest BCUT2D eigenvalue weighted by atomic mass is 10.2. The normalized spacial score (nSPS) is 17.2. The molecule has 1 aliphatic rings. The van der Waals surface area contributed by atoms with Crippen molar-refractivity contribution in [3.05, 3.63) is 23.1 Å². The molecule has 0 amide bonds. The minimum atomic E-state index is -0.349. The summed E-state index contributed by atoms with van der Waals surface area (Å²) in [5, 5.41) is 0.331. The molecule has 0 unspecified atom stereocenters. The van der Waals surface area contributed by atoms with Crippen LogP contribution in [-0.2, 0) is 0 Å². The first-order valence-corrected chi connectivity index (χ1v) is 6.57. The van der Waals surface area contributed by atoms with Gasteiger partial charge in [0.2, 0.25) is 0 Å². The van der Waals surface area contributed by atoms with Gasteiger partial charge in [-0.05, 0) is 25.6 Å². The van der Waals surface area contributed by atoms with Crippen molar-refractivity contribution in [3.8, 4) is 0 Å². The van der Waals surface area contributed by atoms with Gasteiger partial charge in [0.05, 0.1) is 5.02 Å². The summed E-state index contributed by atoms with van der Waals surface area (Å²) in [6.07, 6.45) is 2.49. The highest BCUT2D eigenvalue weighted by Gasteiger charge is 2.20. The van der Waals surface area contributed by atoms with E-state index < -0.39 is 0 Å². The zero-order chi connectivity index (χ0) is 13.0. The number of piperazine rings is 1. The Morgan fingerprint density at radius 2 is 2.06 bits per heavy atom. The van der Waals surface area contributed by atoms with Crippen LogP contribution in [0.1, 0.15) is 6.42 Å². The second-order valence-corrected chi connectivity index (χ2v) is 4.87. The van der Waals surface area contributed by atoms with Crippen molar-refractivity contribution in [2.45, 2.75) is 6.42 Å². The lowest BCUT2D eigenvalue weighted by Crippen LogP contribution is -2.47. The summed E-state index contributed by atoms with van der Waals surface area (Å²) in [7, 11) is 0. The SMILES string of the molecule is NCCCN1CCN(c2ncc(Cl)cc2F)CC1. The van der Waals surface area contributed by atoms with Gasteiger partial charge in [0.1, 0.15) is 0 Å². The van der Waals surface area contributed by atoms with Gasteiger partial charge < -0.3 is 10.6 Å². The van der Waals surface area contributed by atoms with Crippen molar-refractivity contribution in [1.82, 2.24) is 9.88 Å². The third kappa shape index (κ3) is 3.31. The fraction of sp³-hybridized carbons (Fsp3) is 0.583. The molecule has 0 aromatic carbocycles. The molecule has 0 spiro atoms. The van der Waals surface area contributed by atoms with E-state index in [0.29, 0.717) is 17.4 Å². The number of hydrogen-bond acceptors (Lipinski definition) is 4. The second-order valence-electron chi connectivity index (χ2n) is 4.43. The predicted octanol–water partition coefficient (Wildman–Crippen LogP) is 1.34. The molecule has 2 rings (SSSR count). The maximum atomic E-state index is 13.7. The van der Waals surface area contributed by atoms with Crippen LogP contribution in [0.3, 0.4) is 0 Å². The Labute approximate surface area is 112 Å². The summed E-state index contributed by atoms with van der Waals surface area (Å²) in [6.45, 7) is 5.15. The molecule has 1 aromatic heterocycles. The number of pyridine rings is 1. The Hall–Kier alpha value is -0.910. The summed E-state index contributed by atoms with van der Waals surface area (Å²) >= 11 is 5.70. The number of rotatable bonds is 4. The molecule has 6 heteroatoms. The maximum absolute atomic E-state index is 13.7. The van der Waals surface area contributed by atoms with E-state index in [0.717, 1.165) is 39.1 Å². The summed E-state index contributed by atoms with van der Waals surface area (Å²) in [5.74, 6) is 0.0517. The Kier molecular flexibility index (Phi) is 4.74. The number of hydrogen-bond donors (Lipinski definition) is 1. The predicted molar refractivity (Wildman–Crippen MR) is 71.5 cm³/mol. The second kappa shape index (κ2) is 6.31. The van der Waals surface area contributed by atoms with Gasteiger partial charge in [-0.25, -0.2) is 9.37 Å². The van der Waals surface area contributed by atoms with Crippen molar-refractivity contribution in [2.24, 2.45) is 5.73 Å². The van der Waals surface area contributed by atoms with E-state index in [1.54, 1.807) is 0 Å².